The third-order valence-electron chi connectivity index (χ3n) is 4.76. The minimum Gasteiger partial charge on any atom is -0.477 e. The maximum atomic E-state index is 12.5. The maximum absolute atomic E-state index is 12.5. The molecule has 9 nitrogen and oxygen atoms in total. The number of aromatic carboxylic acids is 1. The lowest BCUT2D eigenvalue weighted by Gasteiger charge is -2.21. The van der Waals surface area contributed by atoms with E-state index in [1.165, 1.54) is 22.1 Å². The summed E-state index contributed by atoms with van der Waals surface area (Å²) in [6, 6.07) is 0.429. The molecule has 0 aromatic carbocycles. The van der Waals surface area contributed by atoms with Crippen molar-refractivity contribution in [2.75, 3.05) is 32.1 Å². The third kappa shape index (κ3) is 3.06. The highest BCUT2D eigenvalue weighted by atomic mass is 32.1. The molecule has 1 aliphatic heterocycles. The number of anilines is 1. The first-order valence-electron chi connectivity index (χ1n) is 8.42. The van der Waals surface area contributed by atoms with Gasteiger partial charge in [0.1, 0.15) is 11.4 Å². The van der Waals surface area contributed by atoms with Gasteiger partial charge in [-0.05, 0) is 20.5 Å². The van der Waals surface area contributed by atoms with E-state index in [0.29, 0.717) is 22.6 Å². The van der Waals surface area contributed by atoms with Crippen LogP contribution in [0.1, 0.15) is 16.8 Å². The van der Waals surface area contributed by atoms with E-state index in [4.69, 9.17) is 0 Å². The number of carboxylic acid groups (broad SMARTS) is 1. The zero-order valence-corrected chi connectivity index (χ0v) is 15.7. The summed E-state index contributed by atoms with van der Waals surface area (Å²) in [6.07, 6.45) is 5.45. The van der Waals surface area contributed by atoms with Crippen LogP contribution in [0.15, 0.2) is 28.8 Å². The Hall–Kier alpha value is -2.85. The van der Waals surface area contributed by atoms with Crippen molar-refractivity contribution in [1.29, 1.82) is 0 Å². The van der Waals surface area contributed by atoms with Crippen molar-refractivity contribution in [1.82, 2.24) is 24.4 Å². The fraction of sp³-hybridized carbons (Fsp3) is 0.353. The van der Waals surface area contributed by atoms with Crippen molar-refractivity contribution < 1.29 is 9.90 Å². The summed E-state index contributed by atoms with van der Waals surface area (Å²) >= 11 is 1.33. The van der Waals surface area contributed by atoms with Gasteiger partial charge in [0.2, 0.25) is 5.43 Å². The number of carboxylic acids is 1. The van der Waals surface area contributed by atoms with Gasteiger partial charge < -0.3 is 14.9 Å². The number of fused-ring (bicyclic) bond motifs is 1. The molecule has 140 valence electrons. The predicted octanol–water partition coefficient (Wildman–Crippen LogP) is 1.08. The first kappa shape index (κ1) is 17.6. The molecular weight excluding hydrogens is 368 g/mol. The average molecular weight is 386 g/mol. The van der Waals surface area contributed by atoms with Crippen LogP contribution in [0.4, 0.5) is 5.82 Å². The fourth-order valence-corrected chi connectivity index (χ4v) is 3.85. The molecule has 0 spiro atoms. The molecule has 1 N–H and O–H groups in total. The summed E-state index contributed by atoms with van der Waals surface area (Å²) in [4.78, 5) is 41.5. The van der Waals surface area contributed by atoms with Crippen LogP contribution < -0.4 is 10.3 Å². The molecule has 0 aliphatic carbocycles. The number of likely N-dealkylation sites (N-methyl/N-ethyl adjacent to an activating group) is 1. The number of carbonyl (C=O) groups is 1. The molecular formula is C17H18N6O3S. The van der Waals surface area contributed by atoms with Gasteiger partial charge in [0.15, 0.2) is 16.3 Å². The van der Waals surface area contributed by atoms with Gasteiger partial charge in [0, 0.05) is 36.9 Å². The van der Waals surface area contributed by atoms with E-state index in [-0.39, 0.29) is 11.1 Å². The molecule has 0 radical (unpaired) electrons. The predicted molar refractivity (Wildman–Crippen MR) is 102 cm³/mol. The Bertz CT molecular complexity index is 1060. The highest BCUT2D eigenvalue weighted by Gasteiger charge is 2.26. The van der Waals surface area contributed by atoms with Crippen LogP contribution in [-0.4, -0.2) is 68.7 Å². The van der Waals surface area contributed by atoms with Crippen molar-refractivity contribution in [2.45, 2.75) is 12.5 Å². The number of thiazole rings is 1. The standard InChI is InChI=1S/C17H18N6O3S/c1-21(2)10-3-5-22(8-10)12-7-19-13-14(24)11(16(25)26)9-23(15(13)20-12)17-18-4-6-27-17/h4,6-7,9-10H,3,5,8H2,1-2H3,(H,25,26)/t10-/m1/s1. The third-order valence-corrected chi connectivity index (χ3v) is 5.53. The van der Waals surface area contributed by atoms with Crippen LogP contribution in [0.5, 0.6) is 0 Å². The van der Waals surface area contributed by atoms with Crippen LogP contribution in [-0.2, 0) is 0 Å². The van der Waals surface area contributed by atoms with Crippen LogP contribution >= 0.6 is 11.3 Å². The minimum atomic E-state index is -1.30. The smallest absolute Gasteiger partial charge is 0.341 e. The van der Waals surface area contributed by atoms with E-state index >= 15 is 0 Å². The van der Waals surface area contributed by atoms with Gasteiger partial charge in [0.25, 0.3) is 0 Å². The molecule has 3 aromatic rings. The number of aromatic nitrogens is 4. The first-order valence-corrected chi connectivity index (χ1v) is 9.30. The number of hydrogen-bond acceptors (Lipinski definition) is 8. The Morgan fingerprint density at radius 3 is 2.81 bits per heavy atom. The zero-order chi connectivity index (χ0) is 19.1. The summed E-state index contributed by atoms with van der Waals surface area (Å²) in [5.41, 5.74) is -0.659. The fourth-order valence-electron chi connectivity index (χ4n) is 3.23. The Labute approximate surface area is 158 Å². The maximum Gasteiger partial charge on any atom is 0.341 e. The lowest BCUT2D eigenvalue weighted by Crippen LogP contribution is -2.32. The largest absolute Gasteiger partial charge is 0.477 e. The molecule has 0 amide bonds. The SMILES string of the molecule is CN(C)[C@@H]1CCN(c2cnc3c(=O)c(C(=O)O)cn(-c4nccs4)c3n2)C1. The minimum absolute atomic E-state index is 0.0252. The molecule has 4 rings (SSSR count). The van der Waals surface area contributed by atoms with Crippen LogP contribution in [0.25, 0.3) is 16.3 Å². The number of pyridine rings is 1. The molecule has 1 aliphatic rings. The highest BCUT2D eigenvalue weighted by Crippen LogP contribution is 2.23. The molecule has 1 fully saturated rings. The van der Waals surface area contributed by atoms with Crippen molar-refractivity contribution in [3.8, 4) is 5.13 Å². The van der Waals surface area contributed by atoms with Gasteiger partial charge in [-0.3, -0.25) is 9.36 Å². The zero-order valence-electron chi connectivity index (χ0n) is 14.9. The Balaban J connectivity index is 1.88. The molecule has 1 atom stereocenters. The second-order valence-electron chi connectivity index (χ2n) is 6.61. The molecule has 0 saturated carbocycles. The van der Waals surface area contributed by atoms with Crippen molar-refractivity contribution in [3.05, 3.63) is 39.8 Å². The Morgan fingerprint density at radius 2 is 2.19 bits per heavy atom. The molecule has 27 heavy (non-hydrogen) atoms. The van der Waals surface area contributed by atoms with E-state index in [1.54, 1.807) is 17.8 Å². The summed E-state index contributed by atoms with van der Waals surface area (Å²) < 4.78 is 1.53. The second kappa shape index (κ2) is 6.71. The molecule has 4 heterocycles. The van der Waals surface area contributed by atoms with Crippen LogP contribution in [0.2, 0.25) is 0 Å². The summed E-state index contributed by atoms with van der Waals surface area (Å²) in [6.45, 7) is 1.67. The normalized spacial score (nSPS) is 17.1. The topological polar surface area (TPSA) is 104 Å². The van der Waals surface area contributed by atoms with Gasteiger partial charge in [-0.25, -0.2) is 19.7 Å². The van der Waals surface area contributed by atoms with E-state index in [9.17, 15) is 14.7 Å². The first-order chi connectivity index (χ1) is 13.0. The van der Waals surface area contributed by atoms with Gasteiger partial charge in [-0.2, -0.15) is 0 Å². The highest BCUT2D eigenvalue weighted by molar-refractivity contribution is 7.12. The Kier molecular flexibility index (Phi) is 4.36. The molecule has 1 saturated heterocycles. The van der Waals surface area contributed by atoms with E-state index in [2.05, 4.69) is 24.8 Å². The summed E-state index contributed by atoms with van der Waals surface area (Å²) in [5.74, 6) is -0.633. The van der Waals surface area contributed by atoms with Gasteiger partial charge in [-0.15, -0.1) is 11.3 Å². The Morgan fingerprint density at radius 1 is 1.37 bits per heavy atom. The summed E-state index contributed by atoms with van der Waals surface area (Å²) in [7, 11) is 4.10. The monoisotopic (exact) mass is 386 g/mol. The van der Waals surface area contributed by atoms with E-state index in [0.717, 1.165) is 19.5 Å². The van der Waals surface area contributed by atoms with E-state index < -0.39 is 11.4 Å². The van der Waals surface area contributed by atoms with Crippen molar-refractivity contribution in [2.24, 2.45) is 0 Å². The number of rotatable bonds is 4. The number of hydrogen-bond donors (Lipinski definition) is 1. The molecule has 10 heteroatoms. The van der Waals surface area contributed by atoms with Crippen molar-refractivity contribution >= 4 is 34.3 Å². The summed E-state index contributed by atoms with van der Waals surface area (Å²) in [5, 5.41) is 11.7. The van der Waals surface area contributed by atoms with Gasteiger partial charge in [-0.1, -0.05) is 0 Å². The van der Waals surface area contributed by atoms with Crippen LogP contribution in [0, 0.1) is 0 Å². The van der Waals surface area contributed by atoms with Gasteiger partial charge in [0.05, 0.1) is 6.20 Å². The van der Waals surface area contributed by atoms with Gasteiger partial charge >= 0.3 is 5.97 Å². The lowest BCUT2D eigenvalue weighted by molar-refractivity contribution is 0.0695. The molecule has 0 unspecified atom stereocenters. The van der Waals surface area contributed by atoms with Crippen molar-refractivity contribution in [3.63, 3.8) is 0 Å². The quantitative estimate of drug-likeness (QED) is 0.710. The molecule has 3 aromatic heterocycles. The molecule has 0 bridgehead atoms. The van der Waals surface area contributed by atoms with Crippen LogP contribution in [0.3, 0.4) is 0 Å². The average Bonchev–Trinajstić information content (AvgIpc) is 3.33. The lowest BCUT2D eigenvalue weighted by atomic mass is 10.2. The second-order valence-corrected chi connectivity index (χ2v) is 7.49. The number of nitrogens with zero attached hydrogens (tertiary/aromatic N) is 6. The van der Waals surface area contributed by atoms with E-state index in [1.807, 2.05) is 14.1 Å².